The predicted molar refractivity (Wildman–Crippen MR) is 87.6 cm³/mol. The molecular weight excluding hydrogens is 328 g/mol. The summed E-state index contributed by atoms with van der Waals surface area (Å²) in [7, 11) is 1.90. The summed E-state index contributed by atoms with van der Waals surface area (Å²) >= 11 is 3.44. The van der Waals surface area contributed by atoms with Gasteiger partial charge in [-0.2, -0.15) is 5.10 Å². The average molecular weight is 343 g/mol. The van der Waals surface area contributed by atoms with E-state index in [1.807, 2.05) is 61.1 Å². The molecule has 0 aliphatic carbocycles. The number of hydrogen-bond donors (Lipinski definition) is 0. The third kappa shape index (κ3) is 2.76. The molecule has 21 heavy (non-hydrogen) atoms. The van der Waals surface area contributed by atoms with Crippen LogP contribution in [0.5, 0.6) is 0 Å². The smallest absolute Gasteiger partial charge is 0.168 e. The van der Waals surface area contributed by atoms with Gasteiger partial charge in [0, 0.05) is 22.5 Å². The van der Waals surface area contributed by atoms with E-state index in [1.54, 1.807) is 0 Å². The first-order valence-corrected chi connectivity index (χ1v) is 7.55. The van der Waals surface area contributed by atoms with Crippen LogP contribution in [0.3, 0.4) is 0 Å². The maximum Gasteiger partial charge on any atom is 0.168 e. The van der Waals surface area contributed by atoms with Crippen LogP contribution in [0.1, 0.15) is 21.6 Å². The van der Waals surface area contributed by atoms with E-state index in [1.165, 1.54) is 0 Å². The summed E-state index contributed by atoms with van der Waals surface area (Å²) in [5.41, 5.74) is 3.66. The Balaban J connectivity index is 1.96. The van der Waals surface area contributed by atoms with E-state index in [0.29, 0.717) is 6.42 Å². The van der Waals surface area contributed by atoms with Crippen LogP contribution < -0.4 is 0 Å². The highest BCUT2D eigenvalue weighted by molar-refractivity contribution is 9.10. The van der Waals surface area contributed by atoms with E-state index < -0.39 is 0 Å². The number of rotatable bonds is 3. The quantitative estimate of drug-likeness (QED) is 0.672. The molecule has 0 saturated carbocycles. The van der Waals surface area contributed by atoms with Gasteiger partial charge in [0.2, 0.25) is 0 Å². The first kappa shape index (κ1) is 14.0. The van der Waals surface area contributed by atoms with Crippen LogP contribution in [0, 0.1) is 6.92 Å². The summed E-state index contributed by atoms with van der Waals surface area (Å²) in [6, 6.07) is 13.7. The van der Waals surface area contributed by atoms with Gasteiger partial charge in [-0.3, -0.25) is 9.48 Å². The minimum absolute atomic E-state index is 0.0863. The monoisotopic (exact) mass is 342 g/mol. The lowest BCUT2D eigenvalue weighted by molar-refractivity contribution is 0.0992. The van der Waals surface area contributed by atoms with E-state index in [2.05, 4.69) is 21.0 Å². The molecule has 3 aromatic rings. The van der Waals surface area contributed by atoms with Crippen molar-refractivity contribution in [3.8, 4) is 0 Å². The molecule has 0 radical (unpaired) electrons. The Morgan fingerprint density at radius 2 is 2.00 bits per heavy atom. The van der Waals surface area contributed by atoms with Gasteiger partial charge in [-0.1, -0.05) is 34.1 Å². The zero-order chi connectivity index (χ0) is 15.0. The summed E-state index contributed by atoms with van der Waals surface area (Å²) in [4.78, 5) is 12.5. The number of nitrogens with zero attached hydrogens (tertiary/aromatic N) is 2. The number of aromatic nitrogens is 2. The molecule has 0 bridgehead atoms. The molecule has 2 aromatic carbocycles. The van der Waals surface area contributed by atoms with Crippen LogP contribution in [0.15, 0.2) is 46.9 Å². The number of hydrogen-bond acceptors (Lipinski definition) is 2. The van der Waals surface area contributed by atoms with Crippen molar-refractivity contribution in [2.45, 2.75) is 13.3 Å². The van der Waals surface area contributed by atoms with E-state index in [0.717, 1.165) is 32.2 Å². The van der Waals surface area contributed by atoms with Gasteiger partial charge in [-0.05, 0) is 36.8 Å². The lowest BCUT2D eigenvalue weighted by atomic mass is 10.0. The summed E-state index contributed by atoms with van der Waals surface area (Å²) < 4.78 is 2.75. The zero-order valence-corrected chi connectivity index (χ0v) is 13.5. The molecule has 3 rings (SSSR count). The Labute approximate surface area is 131 Å². The van der Waals surface area contributed by atoms with Gasteiger partial charge >= 0.3 is 0 Å². The second-order valence-corrected chi connectivity index (χ2v) is 6.12. The van der Waals surface area contributed by atoms with E-state index in [9.17, 15) is 4.79 Å². The van der Waals surface area contributed by atoms with Crippen LogP contribution in [0.2, 0.25) is 0 Å². The molecule has 0 N–H and O–H groups in total. The number of fused-ring (bicyclic) bond motifs is 1. The van der Waals surface area contributed by atoms with Crippen molar-refractivity contribution >= 4 is 32.6 Å². The molecule has 0 aliphatic heterocycles. The summed E-state index contributed by atoms with van der Waals surface area (Å²) in [6.07, 6.45) is 0.317. The number of ketones is 1. The SMILES string of the molecule is Cc1cc(Br)cc(C(=O)Cc2nn(C)c3ccccc23)c1. The molecule has 4 heteroatoms. The predicted octanol–water partition coefficient (Wildman–Crippen LogP) is 4.07. The van der Waals surface area contributed by atoms with Crippen molar-refractivity contribution < 1.29 is 4.79 Å². The lowest BCUT2D eigenvalue weighted by Gasteiger charge is -2.03. The van der Waals surface area contributed by atoms with E-state index >= 15 is 0 Å². The van der Waals surface area contributed by atoms with Crippen molar-refractivity contribution in [2.75, 3.05) is 0 Å². The maximum atomic E-state index is 12.5. The molecule has 1 aromatic heterocycles. The van der Waals surface area contributed by atoms with E-state index in [4.69, 9.17) is 0 Å². The van der Waals surface area contributed by atoms with Crippen LogP contribution in [0.25, 0.3) is 10.9 Å². The van der Waals surface area contributed by atoms with Gasteiger partial charge < -0.3 is 0 Å². The molecule has 0 atom stereocenters. The van der Waals surface area contributed by atoms with Crippen LogP contribution in [-0.4, -0.2) is 15.6 Å². The van der Waals surface area contributed by atoms with Crippen LogP contribution in [-0.2, 0) is 13.5 Å². The first-order valence-electron chi connectivity index (χ1n) is 6.75. The lowest BCUT2D eigenvalue weighted by Crippen LogP contribution is -2.05. The fourth-order valence-corrected chi connectivity index (χ4v) is 3.18. The van der Waals surface area contributed by atoms with Crippen molar-refractivity contribution in [1.29, 1.82) is 0 Å². The zero-order valence-electron chi connectivity index (χ0n) is 11.9. The molecule has 0 aliphatic rings. The number of aryl methyl sites for hydroxylation is 2. The fraction of sp³-hybridized carbons (Fsp3) is 0.176. The van der Waals surface area contributed by atoms with Gasteiger partial charge in [0.15, 0.2) is 5.78 Å². The Morgan fingerprint density at radius 3 is 2.76 bits per heavy atom. The molecule has 0 fully saturated rings. The molecule has 0 unspecified atom stereocenters. The molecule has 0 amide bonds. The number of halogens is 1. The van der Waals surface area contributed by atoms with Gasteiger partial charge in [0.1, 0.15) is 0 Å². The van der Waals surface area contributed by atoms with E-state index in [-0.39, 0.29) is 5.78 Å². The molecular formula is C17H15BrN2O. The molecule has 0 saturated heterocycles. The van der Waals surface area contributed by atoms with Gasteiger partial charge in [-0.15, -0.1) is 0 Å². The highest BCUT2D eigenvalue weighted by Crippen LogP contribution is 2.21. The average Bonchev–Trinajstić information content (AvgIpc) is 2.75. The Hall–Kier alpha value is -1.94. The minimum Gasteiger partial charge on any atom is -0.294 e. The second-order valence-electron chi connectivity index (χ2n) is 5.20. The summed E-state index contributed by atoms with van der Waals surface area (Å²) in [5, 5.41) is 5.53. The number of carbonyl (C=O) groups is 1. The van der Waals surface area contributed by atoms with Crippen molar-refractivity contribution in [1.82, 2.24) is 9.78 Å². The summed E-state index contributed by atoms with van der Waals surface area (Å²) in [6.45, 7) is 1.98. The van der Waals surface area contributed by atoms with Crippen LogP contribution >= 0.6 is 15.9 Å². The largest absolute Gasteiger partial charge is 0.294 e. The highest BCUT2D eigenvalue weighted by atomic mass is 79.9. The third-order valence-corrected chi connectivity index (χ3v) is 3.98. The van der Waals surface area contributed by atoms with Gasteiger partial charge in [0.05, 0.1) is 17.6 Å². The standard InChI is InChI=1S/C17H15BrN2O/c1-11-7-12(9-13(18)8-11)17(21)10-15-14-5-3-4-6-16(14)20(2)19-15/h3-9H,10H2,1-2H3. The number of para-hydroxylation sites is 1. The number of Topliss-reactive ketones (excluding diaryl/α,β-unsaturated/α-hetero) is 1. The Bertz CT molecular complexity index is 816. The third-order valence-electron chi connectivity index (χ3n) is 3.53. The maximum absolute atomic E-state index is 12.5. The van der Waals surface area contributed by atoms with Crippen molar-refractivity contribution in [3.05, 3.63) is 63.8 Å². The fourth-order valence-electron chi connectivity index (χ4n) is 2.57. The number of carbonyl (C=O) groups excluding carboxylic acids is 1. The summed E-state index contributed by atoms with van der Waals surface area (Å²) in [5.74, 6) is 0.0863. The molecule has 3 nitrogen and oxygen atoms in total. The highest BCUT2D eigenvalue weighted by Gasteiger charge is 2.14. The second kappa shape index (κ2) is 5.45. The van der Waals surface area contributed by atoms with Crippen molar-refractivity contribution in [2.24, 2.45) is 7.05 Å². The Morgan fingerprint density at radius 1 is 1.24 bits per heavy atom. The van der Waals surface area contributed by atoms with Crippen LogP contribution in [0.4, 0.5) is 0 Å². The molecule has 106 valence electrons. The van der Waals surface area contributed by atoms with Gasteiger partial charge in [0.25, 0.3) is 0 Å². The minimum atomic E-state index is 0.0863. The first-order chi connectivity index (χ1) is 10.0. The molecule has 1 heterocycles. The topological polar surface area (TPSA) is 34.9 Å². The normalized spacial score (nSPS) is 11.0. The van der Waals surface area contributed by atoms with Crippen molar-refractivity contribution in [3.63, 3.8) is 0 Å². The molecule has 0 spiro atoms. The van der Waals surface area contributed by atoms with Gasteiger partial charge in [-0.25, -0.2) is 0 Å². The number of benzene rings is 2. The Kier molecular flexibility index (Phi) is 3.64.